The summed E-state index contributed by atoms with van der Waals surface area (Å²) in [7, 11) is 0. The predicted molar refractivity (Wildman–Crippen MR) is 57.6 cm³/mol. The van der Waals surface area contributed by atoms with Crippen LogP contribution in [-0.2, 0) is 0 Å². The van der Waals surface area contributed by atoms with Crippen LogP contribution in [0.3, 0.4) is 0 Å². The van der Waals surface area contributed by atoms with Gasteiger partial charge in [-0.05, 0) is 12.1 Å². The minimum Gasteiger partial charge on any atom is -0.269 e. The van der Waals surface area contributed by atoms with Gasteiger partial charge in [-0.25, -0.2) is 4.79 Å². The van der Waals surface area contributed by atoms with Gasteiger partial charge < -0.3 is 0 Å². The third-order valence-electron chi connectivity index (χ3n) is 2.17. The SMILES string of the molecule is O=C(c1ccccc1)n1c(=O)ccn(F)c1=O. The second-order valence-corrected chi connectivity index (χ2v) is 3.25. The molecule has 2 rings (SSSR count). The second-order valence-electron chi connectivity index (χ2n) is 3.25. The number of hydrogen-bond donors (Lipinski definition) is 0. The molecule has 6 heteroatoms. The second kappa shape index (κ2) is 4.17. The molecule has 86 valence electrons. The minimum absolute atomic E-state index is 0.137. The van der Waals surface area contributed by atoms with Crippen LogP contribution in [0.25, 0.3) is 0 Å². The first-order valence-electron chi connectivity index (χ1n) is 4.72. The zero-order valence-electron chi connectivity index (χ0n) is 8.54. The lowest BCUT2D eigenvalue weighted by Gasteiger charge is -2.02. The van der Waals surface area contributed by atoms with Crippen molar-refractivity contribution in [1.29, 1.82) is 0 Å². The molecular weight excluding hydrogens is 227 g/mol. The van der Waals surface area contributed by atoms with Crippen LogP contribution in [-0.4, -0.2) is 15.3 Å². The molecular formula is C11H7FN2O3. The van der Waals surface area contributed by atoms with E-state index in [9.17, 15) is 18.9 Å². The summed E-state index contributed by atoms with van der Waals surface area (Å²) in [5.41, 5.74) is -2.04. The lowest BCUT2D eigenvalue weighted by molar-refractivity contribution is 0.0943. The Labute approximate surface area is 94.3 Å². The Balaban J connectivity index is 2.64. The molecule has 0 unspecified atom stereocenters. The fraction of sp³-hybridized carbons (Fsp3) is 0. The number of carbonyl (C=O) groups is 1. The van der Waals surface area contributed by atoms with Gasteiger partial charge in [0.15, 0.2) is 0 Å². The van der Waals surface area contributed by atoms with Gasteiger partial charge in [0.05, 0.1) is 0 Å². The topological polar surface area (TPSA) is 61.1 Å². The van der Waals surface area contributed by atoms with Gasteiger partial charge in [0, 0.05) is 17.8 Å². The van der Waals surface area contributed by atoms with E-state index in [1.54, 1.807) is 18.2 Å². The van der Waals surface area contributed by atoms with Gasteiger partial charge in [0.25, 0.3) is 11.5 Å². The fourth-order valence-corrected chi connectivity index (χ4v) is 1.35. The highest BCUT2D eigenvalue weighted by Gasteiger charge is 2.14. The lowest BCUT2D eigenvalue weighted by atomic mass is 10.2. The summed E-state index contributed by atoms with van der Waals surface area (Å²) in [5.74, 6) is -0.854. The summed E-state index contributed by atoms with van der Waals surface area (Å²) in [6.07, 6.45) is 0.666. The molecule has 0 saturated carbocycles. The molecule has 17 heavy (non-hydrogen) atoms. The van der Waals surface area contributed by atoms with E-state index in [1.807, 2.05) is 0 Å². The third kappa shape index (κ3) is 1.92. The molecule has 0 bridgehead atoms. The number of rotatable bonds is 1. The Morgan fingerprint density at radius 1 is 1.06 bits per heavy atom. The first-order valence-corrected chi connectivity index (χ1v) is 4.72. The van der Waals surface area contributed by atoms with E-state index in [4.69, 9.17) is 0 Å². The fourth-order valence-electron chi connectivity index (χ4n) is 1.35. The minimum atomic E-state index is -1.31. The Morgan fingerprint density at radius 3 is 2.35 bits per heavy atom. The first-order chi connectivity index (χ1) is 8.11. The van der Waals surface area contributed by atoms with Crippen LogP contribution >= 0.6 is 0 Å². The van der Waals surface area contributed by atoms with Gasteiger partial charge in [0.1, 0.15) is 0 Å². The van der Waals surface area contributed by atoms with Crippen molar-refractivity contribution in [1.82, 2.24) is 9.36 Å². The van der Waals surface area contributed by atoms with Crippen molar-refractivity contribution < 1.29 is 9.28 Å². The summed E-state index contributed by atoms with van der Waals surface area (Å²) >= 11 is 0. The van der Waals surface area contributed by atoms with Gasteiger partial charge in [-0.1, -0.05) is 22.7 Å². The number of hydrogen-bond acceptors (Lipinski definition) is 3. The van der Waals surface area contributed by atoms with E-state index in [2.05, 4.69) is 0 Å². The molecule has 0 radical (unpaired) electrons. The van der Waals surface area contributed by atoms with Crippen LogP contribution in [0.15, 0.2) is 52.2 Å². The molecule has 0 saturated heterocycles. The predicted octanol–water partition coefficient (Wildman–Crippen LogP) is 0.431. The number of carbonyl (C=O) groups excluding carboxylic acids is 1. The van der Waals surface area contributed by atoms with Crippen LogP contribution in [0.1, 0.15) is 10.4 Å². The van der Waals surface area contributed by atoms with E-state index in [0.29, 0.717) is 6.20 Å². The van der Waals surface area contributed by atoms with Crippen LogP contribution < -0.4 is 11.2 Å². The zero-order valence-corrected chi connectivity index (χ0v) is 8.54. The normalized spacial score (nSPS) is 10.2. The van der Waals surface area contributed by atoms with Gasteiger partial charge in [-0.3, -0.25) is 9.59 Å². The Hall–Kier alpha value is -2.50. The summed E-state index contributed by atoms with van der Waals surface area (Å²) in [6.45, 7) is 0. The highest BCUT2D eigenvalue weighted by atomic mass is 19.2. The number of benzene rings is 1. The van der Waals surface area contributed by atoms with Gasteiger partial charge in [-0.2, -0.15) is 4.57 Å². The lowest BCUT2D eigenvalue weighted by Crippen LogP contribution is -2.41. The highest BCUT2D eigenvalue weighted by molar-refractivity contribution is 5.95. The molecule has 0 aliphatic heterocycles. The van der Waals surface area contributed by atoms with Crippen molar-refractivity contribution in [3.63, 3.8) is 0 Å². The summed E-state index contributed by atoms with van der Waals surface area (Å²) in [5, 5.41) is 0. The maximum Gasteiger partial charge on any atom is 0.366 e. The van der Waals surface area contributed by atoms with Crippen molar-refractivity contribution in [3.8, 4) is 0 Å². The Bertz CT molecular complexity index is 673. The van der Waals surface area contributed by atoms with Crippen LogP contribution in [0, 0.1) is 0 Å². The van der Waals surface area contributed by atoms with E-state index >= 15 is 0 Å². The van der Waals surface area contributed by atoms with Crippen molar-refractivity contribution >= 4 is 5.91 Å². The summed E-state index contributed by atoms with van der Waals surface area (Å²) in [4.78, 5) is 34.2. The van der Waals surface area contributed by atoms with Crippen LogP contribution in [0.5, 0.6) is 0 Å². The Kier molecular flexibility index (Phi) is 2.70. The molecule has 0 fully saturated rings. The van der Waals surface area contributed by atoms with E-state index in [1.165, 1.54) is 12.1 Å². The van der Waals surface area contributed by atoms with Crippen molar-refractivity contribution in [2.24, 2.45) is 0 Å². The molecule has 1 heterocycles. The molecule has 1 aromatic heterocycles. The quantitative estimate of drug-likeness (QED) is 0.718. The van der Waals surface area contributed by atoms with Gasteiger partial charge in [0.2, 0.25) is 0 Å². The number of nitrogens with zero attached hydrogens (tertiary/aromatic N) is 2. The van der Waals surface area contributed by atoms with E-state index in [0.717, 1.165) is 6.07 Å². The molecule has 0 aliphatic carbocycles. The maximum absolute atomic E-state index is 12.9. The molecule has 2 aromatic rings. The zero-order chi connectivity index (χ0) is 12.4. The van der Waals surface area contributed by atoms with Crippen molar-refractivity contribution in [3.05, 3.63) is 69.0 Å². The number of aromatic nitrogens is 2. The largest absolute Gasteiger partial charge is 0.366 e. The Morgan fingerprint density at radius 2 is 1.71 bits per heavy atom. The van der Waals surface area contributed by atoms with Gasteiger partial charge >= 0.3 is 5.69 Å². The highest BCUT2D eigenvalue weighted by Crippen LogP contribution is 1.99. The van der Waals surface area contributed by atoms with E-state index < -0.39 is 17.2 Å². The van der Waals surface area contributed by atoms with Crippen LogP contribution in [0.4, 0.5) is 4.48 Å². The average molecular weight is 234 g/mol. The van der Waals surface area contributed by atoms with Crippen LogP contribution in [0.2, 0.25) is 0 Å². The average Bonchev–Trinajstić information content (AvgIpc) is 2.35. The standard InChI is InChI=1S/C11H7FN2O3/c12-13-7-6-9(15)14(11(13)17)10(16)8-4-2-1-3-5-8/h1-7H. The smallest absolute Gasteiger partial charge is 0.269 e. The van der Waals surface area contributed by atoms with E-state index in [-0.39, 0.29) is 14.9 Å². The molecule has 0 amide bonds. The summed E-state index contributed by atoms with van der Waals surface area (Å²) in [6, 6.07) is 8.51. The molecule has 0 atom stereocenters. The first kappa shape index (κ1) is 11.0. The molecule has 0 N–H and O–H groups in total. The third-order valence-corrected chi connectivity index (χ3v) is 2.17. The molecule has 1 aromatic carbocycles. The molecule has 5 nitrogen and oxygen atoms in total. The summed E-state index contributed by atoms with van der Waals surface area (Å²) < 4.78 is 13.2. The maximum atomic E-state index is 12.9. The molecule has 0 aliphatic rings. The monoisotopic (exact) mass is 234 g/mol. The van der Waals surface area contributed by atoms with Gasteiger partial charge in [-0.15, -0.1) is 4.79 Å². The number of halogens is 1. The van der Waals surface area contributed by atoms with Crippen molar-refractivity contribution in [2.45, 2.75) is 0 Å². The molecule has 0 spiro atoms. The van der Waals surface area contributed by atoms with Crippen molar-refractivity contribution in [2.75, 3.05) is 0 Å².